The fourth-order valence-corrected chi connectivity index (χ4v) is 2.56. The maximum Gasteiger partial charge on any atom is 0.435 e. The highest BCUT2D eigenvalue weighted by Crippen LogP contribution is 2.29. The Kier molecular flexibility index (Phi) is 6.50. The third-order valence-electron chi connectivity index (χ3n) is 4.09. The summed E-state index contributed by atoms with van der Waals surface area (Å²) in [6, 6.07) is 4.94. The number of anilines is 2. The molecular weight excluding hydrogens is 446 g/mol. The third kappa shape index (κ3) is 5.25. The summed E-state index contributed by atoms with van der Waals surface area (Å²) < 4.78 is 82.7. The Morgan fingerprint density at radius 2 is 1.94 bits per heavy atom. The van der Waals surface area contributed by atoms with Gasteiger partial charge in [0.25, 0.3) is 6.43 Å². The minimum atomic E-state index is -4.71. The van der Waals surface area contributed by atoms with Gasteiger partial charge >= 0.3 is 12.2 Å². The Balaban J connectivity index is 1.90. The Morgan fingerprint density at radius 3 is 2.50 bits per heavy atom. The van der Waals surface area contributed by atoms with Crippen LogP contribution in [0.3, 0.4) is 0 Å². The zero-order valence-corrected chi connectivity index (χ0v) is 16.1. The summed E-state index contributed by atoms with van der Waals surface area (Å²) in [4.78, 5) is 13.7. The first-order chi connectivity index (χ1) is 15.1. The number of rotatable bonds is 6. The molecule has 0 radical (unpaired) electrons. The number of nitrogens with zero attached hydrogens (tertiary/aromatic N) is 4. The number of hydrogen-bond acceptors (Lipinski definition) is 5. The molecular formula is C18H14F6N6O2. The van der Waals surface area contributed by atoms with Crippen LogP contribution in [0.4, 0.5) is 42.6 Å². The number of hydrogen-bond donors (Lipinski definition) is 2. The monoisotopic (exact) mass is 460 g/mol. The molecule has 170 valence electrons. The Morgan fingerprint density at radius 1 is 1.19 bits per heavy atom. The van der Waals surface area contributed by atoms with Gasteiger partial charge in [-0.3, -0.25) is 10.00 Å². The number of benzene rings is 1. The number of alkyl halides is 5. The molecule has 32 heavy (non-hydrogen) atoms. The predicted molar refractivity (Wildman–Crippen MR) is 98.7 cm³/mol. The van der Waals surface area contributed by atoms with Crippen molar-refractivity contribution >= 4 is 17.5 Å². The van der Waals surface area contributed by atoms with Gasteiger partial charge in [0, 0.05) is 11.8 Å². The Hall–Kier alpha value is -3.84. The molecule has 2 amide bonds. The van der Waals surface area contributed by atoms with E-state index in [1.54, 1.807) is 0 Å². The van der Waals surface area contributed by atoms with Crippen LogP contribution in [0.1, 0.15) is 23.4 Å². The molecule has 1 aromatic carbocycles. The lowest BCUT2D eigenvalue weighted by molar-refractivity contribution is -0.141. The number of nitrogens with one attached hydrogen (secondary N) is 2. The first kappa shape index (κ1) is 22.8. The lowest BCUT2D eigenvalue weighted by Crippen LogP contribution is -2.35. The largest absolute Gasteiger partial charge is 0.480 e. The summed E-state index contributed by atoms with van der Waals surface area (Å²) in [5.74, 6) is -1.15. The highest BCUT2D eigenvalue weighted by Gasteiger charge is 2.34. The number of ether oxygens (including phenoxy) is 1. The van der Waals surface area contributed by atoms with Crippen LogP contribution in [0.25, 0.3) is 0 Å². The molecule has 2 heterocycles. The lowest BCUT2D eigenvalue weighted by Gasteiger charge is -2.21. The van der Waals surface area contributed by atoms with E-state index in [9.17, 15) is 31.1 Å². The minimum Gasteiger partial charge on any atom is -0.480 e. The van der Waals surface area contributed by atoms with Crippen molar-refractivity contribution in [3.63, 3.8) is 0 Å². The van der Waals surface area contributed by atoms with E-state index in [4.69, 9.17) is 4.74 Å². The molecule has 0 bridgehead atoms. The van der Waals surface area contributed by atoms with Gasteiger partial charge in [0.2, 0.25) is 5.88 Å². The zero-order chi connectivity index (χ0) is 23.5. The summed E-state index contributed by atoms with van der Waals surface area (Å²) in [7, 11) is 1.33. The van der Waals surface area contributed by atoms with E-state index in [-0.39, 0.29) is 23.1 Å². The number of urea groups is 1. The van der Waals surface area contributed by atoms with Gasteiger partial charge in [-0.2, -0.15) is 18.3 Å². The second kappa shape index (κ2) is 9.11. The normalized spacial score (nSPS) is 11.5. The number of methoxy groups -OCH3 is 1. The van der Waals surface area contributed by atoms with Crippen molar-refractivity contribution in [1.29, 1.82) is 0 Å². The number of carbonyl (C=O) groups is 1. The molecule has 0 spiro atoms. The standard InChI is InChI=1S/C18H14F6N6O2/c1-32-15-5-4-14(28-29-15)30(8-10-7-13(27-26-10)18(22,23)24)17(31)25-9-2-3-12(19)11(6-9)16(20)21/h2-7,16H,8H2,1H3,(H,25,31)(H,26,27). The van der Waals surface area contributed by atoms with Crippen LogP contribution in [0.15, 0.2) is 36.4 Å². The van der Waals surface area contributed by atoms with Crippen LogP contribution in [-0.4, -0.2) is 33.5 Å². The highest BCUT2D eigenvalue weighted by molar-refractivity contribution is 6.01. The fourth-order valence-electron chi connectivity index (χ4n) is 2.56. The maximum atomic E-state index is 13.5. The molecule has 8 nitrogen and oxygen atoms in total. The van der Waals surface area contributed by atoms with E-state index in [2.05, 4.69) is 25.7 Å². The molecule has 0 saturated heterocycles. The molecule has 0 aliphatic heterocycles. The molecule has 0 unspecified atom stereocenters. The van der Waals surface area contributed by atoms with Crippen molar-refractivity contribution in [3.8, 4) is 5.88 Å². The lowest BCUT2D eigenvalue weighted by atomic mass is 10.2. The van der Waals surface area contributed by atoms with Gasteiger partial charge in [-0.1, -0.05) is 0 Å². The summed E-state index contributed by atoms with van der Waals surface area (Å²) in [6.07, 6.45) is -7.83. The average Bonchev–Trinajstić information content (AvgIpc) is 3.22. The second-order valence-electron chi connectivity index (χ2n) is 6.26. The van der Waals surface area contributed by atoms with Crippen molar-refractivity contribution < 1.29 is 35.9 Å². The maximum absolute atomic E-state index is 13.5. The van der Waals surface area contributed by atoms with E-state index in [0.29, 0.717) is 6.07 Å². The van der Waals surface area contributed by atoms with Gasteiger partial charge in [0.15, 0.2) is 11.5 Å². The molecule has 3 aromatic rings. The molecule has 3 rings (SSSR count). The first-order valence-electron chi connectivity index (χ1n) is 8.74. The summed E-state index contributed by atoms with van der Waals surface area (Å²) in [6.45, 7) is -0.460. The Labute approximate surface area is 176 Å². The second-order valence-corrected chi connectivity index (χ2v) is 6.26. The first-order valence-corrected chi connectivity index (χ1v) is 8.74. The summed E-state index contributed by atoms with van der Waals surface area (Å²) in [5.41, 5.74) is -2.40. The van der Waals surface area contributed by atoms with Gasteiger partial charge in [-0.05, 0) is 30.3 Å². The molecule has 0 aliphatic carbocycles. The molecule has 0 fully saturated rings. The van der Waals surface area contributed by atoms with E-state index in [0.717, 1.165) is 23.1 Å². The molecule has 2 aromatic heterocycles. The van der Waals surface area contributed by atoms with Crippen molar-refractivity contribution in [2.45, 2.75) is 19.1 Å². The van der Waals surface area contributed by atoms with Crippen LogP contribution in [0, 0.1) is 5.82 Å². The average molecular weight is 460 g/mol. The third-order valence-corrected chi connectivity index (χ3v) is 4.09. The quantitative estimate of drug-likeness (QED) is 0.527. The van der Waals surface area contributed by atoms with Crippen LogP contribution in [0.2, 0.25) is 0 Å². The number of H-pyrrole nitrogens is 1. The fraction of sp³-hybridized carbons (Fsp3) is 0.222. The van der Waals surface area contributed by atoms with Crippen molar-refractivity contribution in [1.82, 2.24) is 20.4 Å². The van der Waals surface area contributed by atoms with Gasteiger partial charge in [0.1, 0.15) is 5.82 Å². The van der Waals surface area contributed by atoms with Gasteiger partial charge in [-0.25, -0.2) is 18.0 Å². The van der Waals surface area contributed by atoms with Crippen LogP contribution < -0.4 is 15.0 Å². The van der Waals surface area contributed by atoms with E-state index < -0.39 is 42.3 Å². The molecule has 0 saturated carbocycles. The van der Waals surface area contributed by atoms with E-state index in [1.165, 1.54) is 19.2 Å². The Bertz CT molecular complexity index is 1090. The SMILES string of the molecule is COc1ccc(N(Cc2cc(C(F)(F)F)n[nH]2)C(=O)Nc2ccc(F)c(C(F)F)c2)nn1. The topological polar surface area (TPSA) is 96.0 Å². The number of halogens is 6. The smallest absolute Gasteiger partial charge is 0.435 e. The van der Waals surface area contributed by atoms with E-state index in [1.807, 2.05) is 0 Å². The predicted octanol–water partition coefficient (Wildman–Crippen LogP) is 4.54. The number of aromatic nitrogens is 4. The van der Waals surface area contributed by atoms with Crippen LogP contribution >= 0.6 is 0 Å². The van der Waals surface area contributed by atoms with Crippen LogP contribution in [0.5, 0.6) is 5.88 Å². The van der Waals surface area contributed by atoms with Gasteiger partial charge in [-0.15, -0.1) is 10.2 Å². The number of amides is 2. The minimum absolute atomic E-state index is 0.0948. The summed E-state index contributed by atoms with van der Waals surface area (Å²) in [5, 5.41) is 15.1. The zero-order valence-electron chi connectivity index (χ0n) is 16.1. The summed E-state index contributed by atoms with van der Waals surface area (Å²) >= 11 is 0. The molecule has 0 atom stereocenters. The van der Waals surface area contributed by atoms with Gasteiger partial charge in [0.05, 0.1) is 24.9 Å². The molecule has 0 aliphatic rings. The van der Waals surface area contributed by atoms with Crippen molar-refractivity contribution in [3.05, 3.63) is 59.2 Å². The number of aromatic amines is 1. The number of carbonyl (C=O) groups excluding carboxylic acids is 1. The molecule has 2 N–H and O–H groups in total. The van der Waals surface area contributed by atoms with Crippen molar-refractivity contribution in [2.24, 2.45) is 0 Å². The van der Waals surface area contributed by atoms with Gasteiger partial charge < -0.3 is 10.1 Å². The van der Waals surface area contributed by atoms with E-state index >= 15 is 0 Å². The van der Waals surface area contributed by atoms with Crippen LogP contribution in [-0.2, 0) is 12.7 Å². The highest BCUT2D eigenvalue weighted by atomic mass is 19.4. The van der Waals surface area contributed by atoms with Crippen molar-refractivity contribution in [2.75, 3.05) is 17.3 Å². The molecule has 14 heteroatoms.